The van der Waals surface area contributed by atoms with Crippen LogP contribution in [0.25, 0.3) is 0 Å². The van der Waals surface area contributed by atoms with Gasteiger partial charge in [-0.3, -0.25) is 0 Å². The zero-order valence-corrected chi connectivity index (χ0v) is 10.1. The van der Waals surface area contributed by atoms with Gasteiger partial charge in [0.25, 0.3) is 0 Å². The normalized spacial score (nSPS) is 10.5. The monoisotopic (exact) mass is 221 g/mol. The SMILES string of the molecule is CCN(CC(C)C)c1ccccc1C(=O)O. The van der Waals surface area contributed by atoms with Gasteiger partial charge in [0.1, 0.15) is 0 Å². The van der Waals surface area contributed by atoms with E-state index in [2.05, 4.69) is 18.7 Å². The summed E-state index contributed by atoms with van der Waals surface area (Å²) >= 11 is 0. The molecule has 3 nitrogen and oxygen atoms in total. The van der Waals surface area contributed by atoms with Crippen molar-refractivity contribution in [1.82, 2.24) is 0 Å². The maximum absolute atomic E-state index is 11.1. The van der Waals surface area contributed by atoms with Crippen LogP contribution in [0.2, 0.25) is 0 Å². The number of nitrogens with zero attached hydrogens (tertiary/aromatic N) is 1. The lowest BCUT2D eigenvalue weighted by molar-refractivity contribution is 0.0697. The van der Waals surface area contributed by atoms with E-state index in [1.165, 1.54) is 0 Å². The van der Waals surface area contributed by atoms with Gasteiger partial charge >= 0.3 is 5.97 Å². The molecule has 3 heteroatoms. The summed E-state index contributed by atoms with van der Waals surface area (Å²) in [5.41, 5.74) is 1.19. The van der Waals surface area contributed by atoms with Crippen LogP contribution in [0, 0.1) is 5.92 Å². The third-order valence-corrected chi connectivity index (χ3v) is 2.44. The van der Waals surface area contributed by atoms with Crippen molar-refractivity contribution >= 4 is 11.7 Å². The second kappa shape index (κ2) is 5.54. The number of hydrogen-bond donors (Lipinski definition) is 1. The van der Waals surface area contributed by atoms with E-state index < -0.39 is 5.97 Å². The first-order valence-corrected chi connectivity index (χ1v) is 5.63. The summed E-state index contributed by atoms with van der Waals surface area (Å²) in [5, 5.41) is 9.12. The van der Waals surface area contributed by atoms with Crippen LogP contribution in [0.1, 0.15) is 31.1 Å². The van der Waals surface area contributed by atoms with E-state index in [0.717, 1.165) is 18.8 Å². The Balaban J connectivity index is 3.04. The van der Waals surface area contributed by atoms with Crippen molar-refractivity contribution in [2.45, 2.75) is 20.8 Å². The van der Waals surface area contributed by atoms with Gasteiger partial charge in [0.05, 0.1) is 11.3 Å². The second-order valence-corrected chi connectivity index (χ2v) is 4.25. The van der Waals surface area contributed by atoms with Gasteiger partial charge in [-0.15, -0.1) is 0 Å². The molecule has 16 heavy (non-hydrogen) atoms. The van der Waals surface area contributed by atoms with Crippen molar-refractivity contribution in [2.75, 3.05) is 18.0 Å². The van der Waals surface area contributed by atoms with Crippen LogP contribution in [-0.4, -0.2) is 24.2 Å². The van der Waals surface area contributed by atoms with Crippen LogP contribution < -0.4 is 4.90 Å². The van der Waals surface area contributed by atoms with E-state index in [1.54, 1.807) is 12.1 Å². The number of para-hydroxylation sites is 1. The molecule has 1 aromatic rings. The van der Waals surface area contributed by atoms with Gasteiger partial charge in [-0.25, -0.2) is 4.79 Å². The molecule has 0 heterocycles. The molecule has 0 saturated carbocycles. The Hall–Kier alpha value is -1.51. The highest BCUT2D eigenvalue weighted by Gasteiger charge is 2.14. The molecular formula is C13H19NO2. The number of rotatable bonds is 5. The van der Waals surface area contributed by atoms with Crippen molar-refractivity contribution in [3.05, 3.63) is 29.8 Å². The van der Waals surface area contributed by atoms with E-state index in [1.807, 2.05) is 19.1 Å². The Morgan fingerprint density at radius 3 is 2.50 bits per heavy atom. The Kier molecular flexibility index (Phi) is 4.35. The van der Waals surface area contributed by atoms with Gasteiger partial charge in [-0.1, -0.05) is 26.0 Å². The molecule has 0 aliphatic carbocycles. The van der Waals surface area contributed by atoms with Crippen molar-refractivity contribution in [1.29, 1.82) is 0 Å². The molecule has 88 valence electrons. The van der Waals surface area contributed by atoms with E-state index in [-0.39, 0.29) is 0 Å². The minimum absolute atomic E-state index is 0.380. The second-order valence-electron chi connectivity index (χ2n) is 4.25. The summed E-state index contributed by atoms with van der Waals surface area (Å²) in [7, 11) is 0. The Labute approximate surface area is 96.7 Å². The zero-order chi connectivity index (χ0) is 12.1. The molecule has 1 rings (SSSR count). The number of benzene rings is 1. The highest BCUT2D eigenvalue weighted by Crippen LogP contribution is 2.21. The lowest BCUT2D eigenvalue weighted by atomic mass is 10.1. The first kappa shape index (κ1) is 12.6. The molecule has 0 aromatic heterocycles. The summed E-state index contributed by atoms with van der Waals surface area (Å²) in [6, 6.07) is 7.16. The fourth-order valence-electron chi connectivity index (χ4n) is 1.77. The van der Waals surface area contributed by atoms with Gasteiger partial charge in [-0.2, -0.15) is 0 Å². The molecule has 1 aromatic carbocycles. The predicted molar refractivity (Wildman–Crippen MR) is 66.1 cm³/mol. The third kappa shape index (κ3) is 2.99. The molecule has 0 atom stereocenters. The van der Waals surface area contributed by atoms with Crippen LogP contribution in [-0.2, 0) is 0 Å². The van der Waals surface area contributed by atoms with E-state index in [4.69, 9.17) is 5.11 Å². The first-order valence-electron chi connectivity index (χ1n) is 5.63. The van der Waals surface area contributed by atoms with E-state index in [0.29, 0.717) is 11.5 Å². The largest absolute Gasteiger partial charge is 0.478 e. The molecule has 0 fully saturated rings. The lowest BCUT2D eigenvalue weighted by Crippen LogP contribution is -2.28. The molecule has 0 saturated heterocycles. The summed E-state index contributed by atoms with van der Waals surface area (Å²) in [4.78, 5) is 13.2. The highest BCUT2D eigenvalue weighted by molar-refractivity contribution is 5.94. The Morgan fingerprint density at radius 2 is 2.00 bits per heavy atom. The van der Waals surface area contributed by atoms with Gasteiger partial charge in [0.2, 0.25) is 0 Å². The van der Waals surface area contributed by atoms with Crippen molar-refractivity contribution in [3.63, 3.8) is 0 Å². The maximum Gasteiger partial charge on any atom is 0.337 e. The molecular weight excluding hydrogens is 202 g/mol. The molecule has 0 amide bonds. The highest BCUT2D eigenvalue weighted by atomic mass is 16.4. The van der Waals surface area contributed by atoms with Gasteiger partial charge in [-0.05, 0) is 25.0 Å². The number of carboxylic acids is 1. The molecule has 0 spiro atoms. The summed E-state index contributed by atoms with van der Waals surface area (Å²) in [5.74, 6) is -0.348. The molecule has 1 N–H and O–H groups in total. The molecule has 0 unspecified atom stereocenters. The van der Waals surface area contributed by atoms with Crippen LogP contribution in [0.5, 0.6) is 0 Å². The average Bonchev–Trinajstić information content (AvgIpc) is 2.25. The van der Waals surface area contributed by atoms with Crippen LogP contribution in [0.3, 0.4) is 0 Å². The summed E-state index contributed by atoms with van der Waals surface area (Å²) in [6.07, 6.45) is 0. The molecule has 0 bridgehead atoms. The minimum atomic E-state index is -0.863. The van der Waals surface area contributed by atoms with Gasteiger partial charge < -0.3 is 10.0 Å². The van der Waals surface area contributed by atoms with Crippen molar-refractivity contribution in [2.24, 2.45) is 5.92 Å². The lowest BCUT2D eigenvalue weighted by Gasteiger charge is -2.26. The standard InChI is InChI=1S/C13H19NO2/c1-4-14(9-10(2)3)12-8-6-5-7-11(12)13(15)16/h5-8,10H,4,9H2,1-3H3,(H,15,16). The fraction of sp³-hybridized carbons (Fsp3) is 0.462. The van der Waals surface area contributed by atoms with Gasteiger partial charge in [0.15, 0.2) is 0 Å². The predicted octanol–water partition coefficient (Wildman–Crippen LogP) is 2.87. The number of aromatic carboxylic acids is 1. The number of anilines is 1. The topological polar surface area (TPSA) is 40.5 Å². The van der Waals surface area contributed by atoms with Crippen LogP contribution in [0.4, 0.5) is 5.69 Å². The Bertz CT molecular complexity index is 361. The fourth-order valence-corrected chi connectivity index (χ4v) is 1.77. The first-order chi connectivity index (χ1) is 7.56. The van der Waals surface area contributed by atoms with Crippen molar-refractivity contribution < 1.29 is 9.90 Å². The van der Waals surface area contributed by atoms with Crippen LogP contribution in [0.15, 0.2) is 24.3 Å². The number of carboxylic acid groups (broad SMARTS) is 1. The summed E-state index contributed by atoms with van der Waals surface area (Å²) in [6.45, 7) is 8.00. The number of carbonyl (C=O) groups is 1. The smallest absolute Gasteiger partial charge is 0.337 e. The summed E-state index contributed by atoms with van der Waals surface area (Å²) < 4.78 is 0. The third-order valence-electron chi connectivity index (χ3n) is 2.44. The molecule has 0 radical (unpaired) electrons. The van der Waals surface area contributed by atoms with Gasteiger partial charge in [0, 0.05) is 13.1 Å². The average molecular weight is 221 g/mol. The van der Waals surface area contributed by atoms with E-state index in [9.17, 15) is 4.79 Å². The maximum atomic E-state index is 11.1. The Morgan fingerprint density at radius 1 is 1.38 bits per heavy atom. The molecule has 0 aliphatic rings. The minimum Gasteiger partial charge on any atom is -0.478 e. The number of hydrogen-bond acceptors (Lipinski definition) is 2. The van der Waals surface area contributed by atoms with Crippen molar-refractivity contribution in [3.8, 4) is 0 Å². The van der Waals surface area contributed by atoms with E-state index >= 15 is 0 Å². The zero-order valence-electron chi connectivity index (χ0n) is 10.1. The van der Waals surface area contributed by atoms with Crippen LogP contribution >= 0.6 is 0 Å². The molecule has 0 aliphatic heterocycles. The quantitative estimate of drug-likeness (QED) is 0.831.